The molecule has 0 spiro atoms. The van der Waals surface area contributed by atoms with Crippen molar-refractivity contribution in [3.05, 3.63) is 94.0 Å². The van der Waals surface area contributed by atoms with E-state index in [0.717, 1.165) is 42.6 Å². The third-order valence-electron chi connectivity index (χ3n) is 4.55. The van der Waals surface area contributed by atoms with E-state index in [1.54, 1.807) is 0 Å². The van der Waals surface area contributed by atoms with Crippen LogP contribution < -0.4 is 0 Å². The first-order valence-corrected chi connectivity index (χ1v) is 9.18. The molecule has 0 radical (unpaired) electrons. The Hall–Kier alpha value is -2.94. The number of hydrogen-bond donors (Lipinski definition) is 0. The SMILES string of the molecule is O=C(C[C@@H](c1ccc(C(F)(F)F)cc1)c1ncccc1C(F)(F)F)c1ccc(Cl)nc1. The van der Waals surface area contributed by atoms with Crippen LogP contribution >= 0.6 is 11.6 Å². The fourth-order valence-corrected chi connectivity index (χ4v) is 3.17. The third kappa shape index (κ3) is 5.41. The minimum Gasteiger partial charge on any atom is -0.294 e. The van der Waals surface area contributed by atoms with Gasteiger partial charge in [0.15, 0.2) is 5.78 Å². The highest BCUT2D eigenvalue weighted by Crippen LogP contribution is 2.39. The Morgan fingerprint density at radius 3 is 2.13 bits per heavy atom. The highest BCUT2D eigenvalue weighted by Gasteiger charge is 2.37. The van der Waals surface area contributed by atoms with Crippen LogP contribution in [0.2, 0.25) is 5.15 Å². The fraction of sp³-hybridized carbons (Fsp3) is 0.190. The molecule has 2 heterocycles. The molecule has 162 valence electrons. The molecule has 0 amide bonds. The smallest absolute Gasteiger partial charge is 0.294 e. The number of hydrogen-bond acceptors (Lipinski definition) is 3. The lowest BCUT2D eigenvalue weighted by Crippen LogP contribution is -2.17. The van der Waals surface area contributed by atoms with Crippen molar-refractivity contribution in [2.24, 2.45) is 0 Å². The molecule has 3 rings (SSSR count). The van der Waals surface area contributed by atoms with Crippen molar-refractivity contribution in [3.8, 4) is 0 Å². The summed E-state index contributed by atoms with van der Waals surface area (Å²) in [5, 5.41) is 0.125. The molecule has 2 aromatic heterocycles. The largest absolute Gasteiger partial charge is 0.418 e. The van der Waals surface area contributed by atoms with Crippen LogP contribution in [0.25, 0.3) is 0 Å². The number of nitrogens with zero attached hydrogens (tertiary/aromatic N) is 2. The van der Waals surface area contributed by atoms with Gasteiger partial charge in [0.25, 0.3) is 0 Å². The average molecular weight is 459 g/mol. The number of pyridine rings is 2. The Kier molecular flexibility index (Phi) is 6.35. The van der Waals surface area contributed by atoms with Crippen molar-refractivity contribution < 1.29 is 31.1 Å². The van der Waals surface area contributed by atoms with E-state index in [1.165, 1.54) is 18.3 Å². The van der Waals surface area contributed by atoms with Gasteiger partial charge in [-0.05, 0) is 42.0 Å². The number of carbonyl (C=O) groups is 1. The highest BCUT2D eigenvalue weighted by atomic mass is 35.5. The topological polar surface area (TPSA) is 42.9 Å². The summed E-state index contributed by atoms with van der Waals surface area (Å²) < 4.78 is 79.3. The zero-order chi connectivity index (χ0) is 22.8. The third-order valence-corrected chi connectivity index (χ3v) is 4.78. The first kappa shape index (κ1) is 22.7. The molecule has 10 heteroatoms. The summed E-state index contributed by atoms with van der Waals surface area (Å²) in [5.41, 5.74) is -2.29. The van der Waals surface area contributed by atoms with Gasteiger partial charge in [-0.1, -0.05) is 23.7 Å². The van der Waals surface area contributed by atoms with Crippen LogP contribution in [-0.4, -0.2) is 15.8 Å². The molecule has 0 aliphatic rings. The molecule has 0 saturated carbocycles. The maximum absolute atomic E-state index is 13.6. The first-order chi connectivity index (χ1) is 14.5. The second-order valence-electron chi connectivity index (χ2n) is 6.60. The van der Waals surface area contributed by atoms with Crippen LogP contribution in [0.3, 0.4) is 0 Å². The predicted molar refractivity (Wildman–Crippen MR) is 101 cm³/mol. The minimum absolute atomic E-state index is 0.0903. The molecule has 0 N–H and O–H groups in total. The van der Waals surface area contributed by atoms with E-state index < -0.39 is 47.3 Å². The number of ketones is 1. The van der Waals surface area contributed by atoms with Gasteiger partial charge in [0.05, 0.1) is 16.8 Å². The molecule has 0 aliphatic carbocycles. The van der Waals surface area contributed by atoms with Gasteiger partial charge in [-0.3, -0.25) is 9.78 Å². The number of alkyl halides is 6. The van der Waals surface area contributed by atoms with E-state index in [0.29, 0.717) is 0 Å². The van der Waals surface area contributed by atoms with Gasteiger partial charge in [-0.15, -0.1) is 0 Å². The molecule has 3 nitrogen and oxygen atoms in total. The lowest BCUT2D eigenvalue weighted by molar-refractivity contribution is -0.139. The highest BCUT2D eigenvalue weighted by molar-refractivity contribution is 6.29. The van der Waals surface area contributed by atoms with Crippen molar-refractivity contribution in [3.63, 3.8) is 0 Å². The average Bonchev–Trinajstić information content (AvgIpc) is 2.71. The molecule has 0 fully saturated rings. The molecule has 3 aromatic rings. The van der Waals surface area contributed by atoms with Gasteiger partial charge >= 0.3 is 12.4 Å². The molecule has 31 heavy (non-hydrogen) atoms. The van der Waals surface area contributed by atoms with E-state index in [2.05, 4.69) is 9.97 Å². The normalized spacial score (nSPS) is 13.1. The van der Waals surface area contributed by atoms with Gasteiger partial charge in [0.1, 0.15) is 5.15 Å². The molecular weight excluding hydrogens is 446 g/mol. The Morgan fingerprint density at radius 1 is 0.903 bits per heavy atom. The van der Waals surface area contributed by atoms with Crippen molar-refractivity contribution in [2.45, 2.75) is 24.7 Å². The number of rotatable bonds is 5. The molecule has 1 atom stereocenters. The van der Waals surface area contributed by atoms with Crippen LogP contribution in [0.15, 0.2) is 60.9 Å². The zero-order valence-corrected chi connectivity index (χ0v) is 16.3. The summed E-state index contributed by atoms with van der Waals surface area (Å²) in [4.78, 5) is 20.3. The second kappa shape index (κ2) is 8.66. The Labute approximate surface area is 177 Å². The molecule has 0 unspecified atom stereocenters. The number of benzene rings is 1. The number of halogens is 7. The van der Waals surface area contributed by atoms with Gasteiger partial charge in [-0.2, -0.15) is 26.3 Å². The zero-order valence-electron chi connectivity index (χ0n) is 15.5. The van der Waals surface area contributed by atoms with E-state index >= 15 is 0 Å². The van der Waals surface area contributed by atoms with Crippen molar-refractivity contribution in [1.29, 1.82) is 0 Å². The van der Waals surface area contributed by atoms with E-state index in [4.69, 9.17) is 11.6 Å². The van der Waals surface area contributed by atoms with Crippen LogP contribution in [0.1, 0.15) is 45.1 Å². The van der Waals surface area contributed by atoms with Gasteiger partial charge < -0.3 is 0 Å². The molecule has 0 aliphatic heterocycles. The van der Waals surface area contributed by atoms with Crippen molar-refractivity contribution in [2.75, 3.05) is 0 Å². The van der Waals surface area contributed by atoms with Gasteiger partial charge in [-0.25, -0.2) is 4.98 Å². The minimum atomic E-state index is -4.77. The summed E-state index contributed by atoms with van der Waals surface area (Å²) in [7, 11) is 0. The van der Waals surface area contributed by atoms with Crippen LogP contribution in [0, 0.1) is 0 Å². The van der Waals surface area contributed by atoms with Crippen molar-refractivity contribution >= 4 is 17.4 Å². The molecule has 1 aromatic carbocycles. The van der Waals surface area contributed by atoms with Gasteiger partial charge in [0.2, 0.25) is 0 Å². The maximum atomic E-state index is 13.6. The monoisotopic (exact) mass is 458 g/mol. The summed E-state index contributed by atoms with van der Waals surface area (Å²) in [6.45, 7) is 0. The lowest BCUT2D eigenvalue weighted by atomic mass is 9.86. The summed E-state index contributed by atoms with van der Waals surface area (Å²) >= 11 is 5.69. The van der Waals surface area contributed by atoms with Crippen molar-refractivity contribution in [1.82, 2.24) is 9.97 Å². The standard InChI is InChI=1S/C21H13ClF6N2O/c22-18-8-5-13(11-30-18)17(31)10-15(12-3-6-14(7-4-12)20(23,24)25)19-16(21(26,27)28)2-1-9-29-19/h1-9,11,15H,10H2/t15-/m0/s1. The molecular formula is C21H13ClF6N2O. The quantitative estimate of drug-likeness (QED) is 0.247. The van der Waals surface area contributed by atoms with E-state index in [1.807, 2.05) is 0 Å². The summed E-state index contributed by atoms with van der Waals surface area (Å²) in [6, 6.07) is 8.24. The first-order valence-electron chi connectivity index (χ1n) is 8.81. The molecule has 0 saturated heterocycles. The lowest BCUT2D eigenvalue weighted by Gasteiger charge is -2.21. The second-order valence-corrected chi connectivity index (χ2v) is 6.99. The summed E-state index contributed by atoms with van der Waals surface area (Å²) in [6.07, 6.45) is -7.53. The van der Waals surface area contributed by atoms with Crippen LogP contribution in [0.5, 0.6) is 0 Å². The van der Waals surface area contributed by atoms with E-state index in [-0.39, 0.29) is 16.3 Å². The van der Waals surface area contributed by atoms with Gasteiger partial charge in [0, 0.05) is 30.3 Å². The number of Topliss-reactive ketones (excluding diaryl/α,β-unsaturated/α-hetero) is 1. The fourth-order valence-electron chi connectivity index (χ4n) is 3.06. The van der Waals surface area contributed by atoms with Crippen LogP contribution in [0.4, 0.5) is 26.3 Å². The predicted octanol–water partition coefficient (Wildman–Crippen LogP) is 6.57. The number of aromatic nitrogens is 2. The summed E-state index contributed by atoms with van der Waals surface area (Å²) in [5.74, 6) is -1.80. The Balaban J connectivity index is 2.07. The van der Waals surface area contributed by atoms with E-state index in [9.17, 15) is 31.1 Å². The maximum Gasteiger partial charge on any atom is 0.418 e. The Bertz CT molecular complexity index is 1060. The Morgan fingerprint density at radius 2 is 1.58 bits per heavy atom. The van der Waals surface area contributed by atoms with Crippen LogP contribution in [-0.2, 0) is 12.4 Å². The molecule has 0 bridgehead atoms. The number of carbonyl (C=O) groups excluding carboxylic acids is 1.